The lowest BCUT2D eigenvalue weighted by Crippen LogP contribution is -2.27. The number of anilines is 1. The lowest BCUT2D eigenvalue weighted by molar-refractivity contribution is 0.0599. The molecule has 27 heavy (non-hydrogen) atoms. The molecule has 0 unspecified atom stereocenters. The summed E-state index contributed by atoms with van der Waals surface area (Å²) in [7, 11) is 1.30. The highest BCUT2D eigenvalue weighted by Crippen LogP contribution is 2.21. The molecule has 0 atom stereocenters. The topological polar surface area (TPSA) is 91.5 Å². The molecule has 2 heterocycles. The lowest BCUT2D eigenvalue weighted by Gasteiger charge is -2.15. The number of aromatic nitrogens is 1. The normalized spacial score (nSPS) is 13.5. The van der Waals surface area contributed by atoms with Gasteiger partial charge in [-0.15, -0.1) is 0 Å². The smallest absolute Gasteiger partial charge is 0.339 e. The molecular weight excluding hydrogens is 346 g/mol. The van der Waals surface area contributed by atoms with E-state index in [1.165, 1.54) is 7.11 Å². The first kappa shape index (κ1) is 18.7. The van der Waals surface area contributed by atoms with Gasteiger partial charge in [-0.1, -0.05) is 0 Å². The minimum Gasteiger partial charge on any atom is -0.465 e. The van der Waals surface area contributed by atoms with E-state index in [-0.39, 0.29) is 11.8 Å². The molecule has 1 aliphatic heterocycles. The van der Waals surface area contributed by atoms with Crippen LogP contribution < -0.4 is 5.32 Å². The maximum Gasteiger partial charge on any atom is 0.339 e. The third kappa shape index (κ3) is 3.72. The van der Waals surface area contributed by atoms with Crippen LogP contribution in [0.3, 0.4) is 0 Å². The number of esters is 1. The lowest BCUT2D eigenvalue weighted by atomic mass is 10.1. The Kier molecular flexibility index (Phi) is 5.30. The molecule has 1 aromatic carbocycles. The number of benzene rings is 1. The second kappa shape index (κ2) is 7.65. The van der Waals surface area contributed by atoms with Gasteiger partial charge in [0.2, 0.25) is 0 Å². The van der Waals surface area contributed by atoms with Gasteiger partial charge in [0.25, 0.3) is 11.8 Å². The van der Waals surface area contributed by atoms with E-state index in [9.17, 15) is 14.4 Å². The van der Waals surface area contributed by atoms with Gasteiger partial charge in [-0.2, -0.15) is 0 Å². The zero-order valence-corrected chi connectivity index (χ0v) is 15.7. The van der Waals surface area contributed by atoms with Crippen LogP contribution in [0.5, 0.6) is 0 Å². The number of carbonyl (C=O) groups is 3. The average molecular weight is 369 g/mol. The molecule has 2 amide bonds. The van der Waals surface area contributed by atoms with Crippen molar-refractivity contribution in [1.29, 1.82) is 0 Å². The van der Waals surface area contributed by atoms with E-state index in [0.29, 0.717) is 33.8 Å². The minimum atomic E-state index is -0.481. The number of methoxy groups -OCH3 is 1. The van der Waals surface area contributed by atoms with Crippen LogP contribution in [0.1, 0.15) is 55.3 Å². The van der Waals surface area contributed by atoms with Gasteiger partial charge >= 0.3 is 5.97 Å². The zero-order valence-electron chi connectivity index (χ0n) is 15.7. The van der Waals surface area contributed by atoms with Crippen LogP contribution in [-0.2, 0) is 4.74 Å². The fourth-order valence-corrected chi connectivity index (χ4v) is 3.38. The molecule has 7 heteroatoms. The Bertz CT molecular complexity index is 877. The molecule has 0 spiro atoms. The van der Waals surface area contributed by atoms with Crippen LogP contribution in [0.25, 0.3) is 0 Å². The largest absolute Gasteiger partial charge is 0.465 e. The first-order valence-electron chi connectivity index (χ1n) is 8.90. The van der Waals surface area contributed by atoms with Gasteiger partial charge in [0.15, 0.2) is 0 Å². The summed E-state index contributed by atoms with van der Waals surface area (Å²) in [5, 5.41) is 2.79. The maximum atomic E-state index is 12.6. The molecule has 1 fully saturated rings. The van der Waals surface area contributed by atoms with E-state index < -0.39 is 5.97 Å². The summed E-state index contributed by atoms with van der Waals surface area (Å²) in [6.07, 6.45) is 2.09. The number of likely N-dealkylation sites (tertiary alicyclic amines) is 1. The van der Waals surface area contributed by atoms with Gasteiger partial charge in [0.05, 0.1) is 12.7 Å². The summed E-state index contributed by atoms with van der Waals surface area (Å²) in [6.45, 7) is 5.01. The van der Waals surface area contributed by atoms with E-state index in [2.05, 4.69) is 10.3 Å². The molecule has 0 bridgehead atoms. The van der Waals surface area contributed by atoms with Crippen LogP contribution >= 0.6 is 0 Å². The van der Waals surface area contributed by atoms with Crippen molar-refractivity contribution in [2.75, 3.05) is 25.5 Å². The third-order valence-electron chi connectivity index (χ3n) is 4.84. The number of ether oxygens (including phenoxy) is 1. The number of H-pyrrole nitrogens is 1. The minimum absolute atomic E-state index is 0.0175. The number of hydrogen-bond acceptors (Lipinski definition) is 4. The van der Waals surface area contributed by atoms with Crippen molar-refractivity contribution in [2.24, 2.45) is 0 Å². The molecule has 0 saturated carbocycles. The highest BCUT2D eigenvalue weighted by molar-refractivity contribution is 6.07. The molecule has 7 nitrogen and oxygen atoms in total. The third-order valence-corrected chi connectivity index (χ3v) is 4.84. The number of nitrogens with one attached hydrogen (secondary N) is 2. The summed E-state index contributed by atoms with van der Waals surface area (Å²) in [5.41, 5.74) is 2.98. The summed E-state index contributed by atoms with van der Waals surface area (Å²) >= 11 is 0. The van der Waals surface area contributed by atoms with Crippen LogP contribution in [0.4, 0.5) is 5.69 Å². The number of carbonyl (C=O) groups excluding carboxylic acids is 3. The fourth-order valence-electron chi connectivity index (χ4n) is 3.38. The average Bonchev–Trinajstić information content (AvgIpc) is 3.29. The number of amides is 2. The standard InChI is InChI=1S/C20H23N3O4/c1-12-16(20(26)27-3)13(2)21-17(12)18(24)22-15-8-6-14(7-9-15)19(25)23-10-4-5-11-23/h6-9,21H,4-5,10-11H2,1-3H3,(H,22,24). The van der Waals surface area contributed by atoms with Gasteiger partial charge in [-0.25, -0.2) is 4.79 Å². The Labute approximate surface area is 157 Å². The molecule has 1 saturated heterocycles. The van der Waals surface area contributed by atoms with Gasteiger partial charge < -0.3 is 19.9 Å². The SMILES string of the molecule is COC(=O)c1c(C)[nH]c(C(=O)Nc2ccc(C(=O)N3CCCC3)cc2)c1C. The molecule has 142 valence electrons. The summed E-state index contributed by atoms with van der Waals surface area (Å²) in [4.78, 5) is 41.6. The maximum absolute atomic E-state index is 12.6. The van der Waals surface area contributed by atoms with E-state index in [0.717, 1.165) is 25.9 Å². The van der Waals surface area contributed by atoms with Gasteiger partial charge in [-0.05, 0) is 56.5 Å². The van der Waals surface area contributed by atoms with Crippen LogP contribution in [0.2, 0.25) is 0 Å². The van der Waals surface area contributed by atoms with Gasteiger partial charge in [0.1, 0.15) is 5.69 Å². The van der Waals surface area contributed by atoms with Gasteiger partial charge in [0, 0.05) is 30.0 Å². The molecule has 3 rings (SSSR count). The van der Waals surface area contributed by atoms with Crippen molar-refractivity contribution < 1.29 is 19.1 Å². The van der Waals surface area contributed by atoms with Gasteiger partial charge in [-0.3, -0.25) is 9.59 Å². The van der Waals surface area contributed by atoms with E-state index in [1.54, 1.807) is 38.1 Å². The molecular formula is C20H23N3O4. The van der Waals surface area contributed by atoms with Crippen molar-refractivity contribution >= 4 is 23.5 Å². The number of aryl methyl sites for hydroxylation is 1. The van der Waals surface area contributed by atoms with Crippen LogP contribution in [0, 0.1) is 13.8 Å². The zero-order chi connectivity index (χ0) is 19.6. The summed E-state index contributed by atoms with van der Waals surface area (Å²) in [6, 6.07) is 6.83. The van der Waals surface area contributed by atoms with Crippen molar-refractivity contribution in [3.8, 4) is 0 Å². The molecule has 2 N–H and O–H groups in total. The summed E-state index contributed by atoms with van der Waals surface area (Å²) in [5.74, 6) is -0.821. The van der Waals surface area contributed by atoms with E-state index in [1.807, 2.05) is 4.90 Å². The molecule has 1 aliphatic rings. The predicted octanol–water partition coefficient (Wildman–Crippen LogP) is 2.91. The Morgan fingerprint density at radius 1 is 1.07 bits per heavy atom. The molecule has 1 aromatic heterocycles. The van der Waals surface area contributed by atoms with Crippen molar-refractivity contribution in [3.63, 3.8) is 0 Å². The molecule has 0 aliphatic carbocycles. The first-order chi connectivity index (χ1) is 12.9. The molecule has 0 radical (unpaired) electrons. The van der Waals surface area contributed by atoms with E-state index in [4.69, 9.17) is 4.74 Å². The summed E-state index contributed by atoms with van der Waals surface area (Å²) < 4.78 is 4.76. The Morgan fingerprint density at radius 2 is 1.70 bits per heavy atom. The fraction of sp³-hybridized carbons (Fsp3) is 0.350. The van der Waals surface area contributed by atoms with E-state index >= 15 is 0 Å². The van der Waals surface area contributed by atoms with Crippen molar-refractivity contribution in [2.45, 2.75) is 26.7 Å². The second-order valence-electron chi connectivity index (χ2n) is 6.65. The quantitative estimate of drug-likeness (QED) is 0.811. The Morgan fingerprint density at radius 3 is 2.30 bits per heavy atom. The van der Waals surface area contributed by atoms with Crippen molar-refractivity contribution in [1.82, 2.24) is 9.88 Å². The Hall–Kier alpha value is -3.09. The Balaban J connectivity index is 1.73. The number of aromatic amines is 1. The monoisotopic (exact) mass is 369 g/mol. The van der Waals surface area contributed by atoms with Crippen LogP contribution in [0.15, 0.2) is 24.3 Å². The van der Waals surface area contributed by atoms with Crippen LogP contribution in [-0.4, -0.2) is 47.9 Å². The first-order valence-corrected chi connectivity index (χ1v) is 8.90. The molecule has 2 aromatic rings. The predicted molar refractivity (Wildman–Crippen MR) is 101 cm³/mol. The highest BCUT2D eigenvalue weighted by atomic mass is 16.5. The second-order valence-corrected chi connectivity index (χ2v) is 6.65. The van der Waals surface area contributed by atoms with Crippen molar-refractivity contribution in [3.05, 3.63) is 52.3 Å². The number of nitrogens with zero attached hydrogens (tertiary/aromatic N) is 1. The number of rotatable bonds is 4. The number of hydrogen-bond donors (Lipinski definition) is 2. The highest BCUT2D eigenvalue weighted by Gasteiger charge is 2.23.